The van der Waals surface area contributed by atoms with E-state index in [4.69, 9.17) is 10.7 Å². The van der Waals surface area contributed by atoms with Crippen LogP contribution >= 0.6 is 0 Å². The molecule has 12 nitrogen and oxygen atoms in total. The van der Waals surface area contributed by atoms with Gasteiger partial charge in [0.05, 0.1) is 40.5 Å². The number of hydrogen-bond acceptors (Lipinski definition) is 10. The minimum Gasteiger partial charge on any atom is -0.368 e. The SMILES string of the molecule is N#Cc1cccc(-c2nc(N)n3nc(Cn4nncc4-c4cccnc4)nc3c2-c2ccncn2)c1. The van der Waals surface area contributed by atoms with E-state index in [1.807, 2.05) is 18.2 Å². The number of nitrogens with zero attached hydrogens (tertiary/aromatic N) is 11. The molecule has 0 bridgehead atoms. The lowest BCUT2D eigenvalue weighted by molar-refractivity contribution is 0.629. The molecular formula is C24H16N12. The highest BCUT2D eigenvalue weighted by Gasteiger charge is 2.21. The predicted molar refractivity (Wildman–Crippen MR) is 129 cm³/mol. The van der Waals surface area contributed by atoms with Crippen molar-refractivity contribution >= 4 is 11.6 Å². The smallest absolute Gasteiger partial charge is 0.223 e. The molecule has 5 aromatic heterocycles. The second-order valence-corrected chi connectivity index (χ2v) is 7.76. The highest BCUT2D eigenvalue weighted by molar-refractivity contribution is 5.89. The number of aromatic nitrogens is 10. The summed E-state index contributed by atoms with van der Waals surface area (Å²) in [5, 5.41) is 22.2. The molecule has 5 heterocycles. The molecule has 1 aromatic carbocycles. The van der Waals surface area contributed by atoms with E-state index < -0.39 is 0 Å². The van der Waals surface area contributed by atoms with Crippen molar-refractivity contribution in [2.45, 2.75) is 6.54 Å². The number of hydrogen-bond donors (Lipinski definition) is 1. The van der Waals surface area contributed by atoms with E-state index in [1.54, 1.807) is 53.7 Å². The van der Waals surface area contributed by atoms with Gasteiger partial charge in [0.25, 0.3) is 0 Å². The Morgan fingerprint density at radius 2 is 1.89 bits per heavy atom. The van der Waals surface area contributed by atoms with Crippen LogP contribution in [0.1, 0.15) is 11.4 Å². The third-order valence-electron chi connectivity index (χ3n) is 5.52. The van der Waals surface area contributed by atoms with Gasteiger partial charge in [0, 0.05) is 29.7 Å². The van der Waals surface area contributed by atoms with Crippen LogP contribution in [0.4, 0.5) is 5.95 Å². The molecule has 0 fully saturated rings. The fraction of sp³-hybridized carbons (Fsp3) is 0.0417. The van der Waals surface area contributed by atoms with Crippen LogP contribution in [0.25, 0.3) is 39.4 Å². The molecule has 0 aliphatic carbocycles. The maximum Gasteiger partial charge on any atom is 0.223 e. The van der Waals surface area contributed by atoms with Gasteiger partial charge >= 0.3 is 0 Å². The van der Waals surface area contributed by atoms with Gasteiger partial charge in [0.1, 0.15) is 12.9 Å². The van der Waals surface area contributed by atoms with E-state index in [0.717, 1.165) is 11.3 Å². The number of fused-ring (bicyclic) bond motifs is 1. The van der Waals surface area contributed by atoms with Crippen LogP contribution in [-0.4, -0.2) is 49.5 Å². The van der Waals surface area contributed by atoms with Gasteiger partial charge in [-0.3, -0.25) is 4.98 Å². The van der Waals surface area contributed by atoms with Crippen molar-refractivity contribution < 1.29 is 0 Å². The van der Waals surface area contributed by atoms with Crippen LogP contribution < -0.4 is 5.73 Å². The quantitative estimate of drug-likeness (QED) is 0.394. The average Bonchev–Trinajstić information content (AvgIpc) is 3.57. The van der Waals surface area contributed by atoms with Crippen molar-refractivity contribution in [2.24, 2.45) is 0 Å². The van der Waals surface area contributed by atoms with Crippen molar-refractivity contribution in [3.05, 3.63) is 85.0 Å². The summed E-state index contributed by atoms with van der Waals surface area (Å²) >= 11 is 0. The van der Waals surface area contributed by atoms with Crippen LogP contribution in [0.15, 0.2) is 73.6 Å². The van der Waals surface area contributed by atoms with E-state index in [2.05, 4.69) is 41.4 Å². The normalized spacial score (nSPS) is 11.0. The molecule has 172 valence electrons. The Bertz CT molecular complexity index is 1730. The zero-order valence-corrected chi connectivity index (χ0v) is 18.6. The van der Waals surface area contributed by atoms with Gasteiger partial charge in [0.2, 0.25) is 5.95 Å². The van der Waals surface area contributed by atoms with E-state index in [9.17, 15) is 5.26 Å². The van der Waals surface area contributed by atoms with E-state index >= 15 is 0 Å². The monoisotopic (exact) mass is 472 g/mol. The molecule has 6 aromatic rings. The first-order chi connectivity index (χ1) is 17.7. The summed E-state index contributed by atoms with van der Waals surface area (Å²) in [6.07, 6.45) is 8.19. The number of pyridine rings is 1. The van der Waals surface area contributed by atoms with E-state index in [0.29, 0.717) is 39.5 Å². The van der Waals surface area contributed by atoms with Crippen molar-refractivity contribution in [1.29, 1.82) is 5.26 Å². The number of benzene rings is 1. The Morgan fingerprint density at radius 3 is 2.69 bits per heavy atom. The minimum atomic E-state index is 0.144. The highest BCUT2D eigenvalue weighted by atomic mass is 15.4. The van der Waals surface area contributed by atoms with E-state index in [1.165, 1.54) is 10.8 Å². The molecule has 0 saturated carbocycles. The van der Waals surface area contributed by atoms with Crippen LogP contribution in [0.3, 0.4) is 0 Å². The van der Waals surface area contributed by atoms with Crippen LogP contribution in [-0.2, 0) is 6.54 Å². The Morgan fingerprint density at radius 1 is 0.972 bits per heavy atom. The van der Waals surface area contributed by atoms with Crippen LogP contribution in [0.5, 0.6) is 0 Å². The summed E-state index contributed by atoms with van der Waals surface area (Å²) in [5.74, 6) is 0.599. The Kier molecular flexibility index (Phi) is 5.05. The lowest BCUT2D eigenvalue weighted by Gasteiger charge is -2.11. The lowest BCUT2D eigenvalue weighted by atomic mass is 10.0. The summed E-state index contributed by atoms with van der Waals surface area (Å²) in [5.41, 5.74) is 11.4. The Labute approximate surface area is 203 Å². The molecule has 0 amide bonds. The van der Waals surface area contributed by atoms with Crippen molar-refractivity contribution in [3.8, 4) is 39.8 Å². The molecule has 0 spiro atoms. The molecule has 0 unspecified atom stereocenters. The largest absolute Gasteiger partial charge is 0.368 e. The first-order valence-electron chi connectivity index (χ1n) is 10.8. The summed E-state index contributed by atoms with van der Waals surface area (Å²) in [4.78, 5) is 22.0. The van der Waals surface area contributed by atoms with Gasteiger partial charge in [0.15, 0.2) is 11.5 Å². The Balaban J connectivity index is 1.52. The molecule has 0 radical (unpaired) electrons. The number of nitriles is 1. The fourth-order valence-corrected chi connectivity index (χ4v) is 3.93. The molecule has 0 aliphatic heterocycles. The van der Waals surface area contributed by atoms with Crippen LogP contribution in [0.2, 0.25) is 0 Å². The fourth-order valence-electron chi connectivity index (χ4n) is 3.93. The summed E-state index contributed by atoms with van der Waals surface area (Å²) in [7, 11) is 0. The number of anilines is 1. The van der Waals surface area contributed by atoms with Gasteiger partial charge in [-0.25, -0.2) is 24.6 Å². The number of rotatable bonds is 5. The topological polar surface area (TPSA) is 162 Å². The second kappa shape index (κ2) is 8.65. The summed E-state index contributed by atoms with van der Waals surface area (Å²) < 4.78 is 3.17. The van der Waals surface area contributed by atoms with Gasteiger partial charge in [-0.05, 0) is 30.3 Å². The lowest BCUT2D eigenvalue weighted by Crippen LogP contribution is -2.07. The maximum atomic E-state index is 9.39. The van der Waals surface area contributed by atoms with E-state index in [-0.39, 0.29) is 12.5 Å². The standard InChI is InChI=1S/C24H16N12/c25-10-15-3-1-4-16(9-15)22-21(18-6-8-28-14-29-18)23-31-20(33-36(23)24(26)32-22)13-35-19(12-30-34-35)17-5-2-7-27-11-17/h1-9,11-12,14H,13H2,(H2,26,32). The van der Waals surface area contributed by atoms with Crippen molar-refractivity contribution in [1.82, 2.24) is 49.5 Å². The molecule has 0 atom stereocenters. The van der Waals surface area contributed by atoms with Gasteiger partial charge < -0.3 is 5.73 Å². The average molecular weight is 472 g/mol. The molecule has 0 saturated heterocycles. The first kappa shape index (κ1) is 21.0. The van der Waals surface area contributed by atoms with Crippen LogP contribution in [0, 0.1) is 11.3 Å². The van der Waals surface area contributed by atoms with Gasteiger partial charge in [-0.2, -0.15) is 9.78 Å². The zero-order valence-electron chi connectivity index (χ0n) is 18.6. The number of nitrogens with two attached hydrogens (primary N) is 1. The molecule has 12 heteroatoms. The summed E-state index contributed by atoms with van der Waals surface area (Å²) in [6, 6.07) is 14.8. The zero-order chi connectivity index (χ0) is 24.5. The molecule has 0 aliphatic rings. The third-order valence-corrected chi connectivity index (χ3v) is 5.52. The molecule has 2 N–H and O–H groups in total. The van der Waals surface area contributed by atoms with Crippen molar-refractivity contribution in [3.63, 3.8) is 0 Å². The van der Waals surface area contributed by atoms with Gasteiger partial charge in [-0.1, -0.05) is 17.3 Å². The predicted octanol–water partition coefficient (Wildman–Crippen LogP) is 2.40. The molecule has 36 heavy (non-hydrogen) atoms. The summed E-state index contributed by atoms with van der Waals surface area (Å²) in [6.45, 7) is 0.244. The molecular weight excluding hydrogens is 456 g/mol. The highest BCUT2D eigenvalue weighted by Crippen LogP contribution is 2.34. The number of nitrogen functional groups attached to an aromatic ring is 1. The first-order valence-corrected chi connectivity index (χ1v) is 10.8. The molecule has 6 rings (SSSR count). The van der Waals surface area contributed by atoms with Gasteiger partial charge in [-0.15, -0.1) is 10.2 Å². The minimum absolute atomic E-state index is 0.144. The maximum absolute atomic E-state index is 9.39. The van der Waals surface area contributed by atoms with Crippen molar-refractivity contribution in [2.75, 3.05) is 5.73 Å². The Hall–Kier alpha value is -5.57. The second-order valence-electron chi connectivity index (χ2n) is 7.76. The third kappa shape index (κ3) is 3.66.